The summed E-state index contributed by atoms with van der Waals surface area (Å²) in [5.41, 5.74) is 1.94. The lowest BCUT2D eigenvalue weighted by atomic mass is 10.3. The van der Waals surface area contributed by atoms with Gasteiger partial charge >= 0.3 is 0 Å². The van der Waals surface area contributed by atoms with Gasteiger partial charge in [-0.2, -0.15) is 0 Å². The van der Waals surface area contributed by atoms with Crippen LogP contribution in [0.15, 0.2) is 41.3 Å². The molecular weight excluding hydrogens is 399 g/mol. The number of nitrogens with zero attached hydrogens (tertiary/aromatic N) is 4. The molecule has 0 radical (unpaired) electrons. The fourth-order valence-electron chi connectivity index (χ4n) is 3.27. The Kier molecular flexibility index (Phi) is 4.41. The molecule has 1 saturated heterocycles. The van der Waals surface area contributed by atoms with Crippen LogP contribution in [0.2, 0.25) is 0 Å². The third-order valence-electron chi connectivity index (χ3n) is 4.74. The molecule has 1 aliphatic rings. The van der Waals surface area contributed by atoms with Gasteiger partial charge < -0.3 is 9.80 Å². The van der Waals surface area contributed by atoms with E-state index in [1.807, 2.05) is 0 Å². The van der Waals surface area contributed by atoms with Crippen LogP contribution in [0.5, 0.6) is 0 Å². The average Bonchev–Trinajstić information content (AvgIpc) is 3.31. The molecule has 0 unspecified atom stereocenters. The number of halogens is 1. The molecule has 2 aromatic carbocycles. The maximum atomic E-state index is 13.4. The highest BCUT2D eigenvalue weighted by molar-refractivity contribution is 7.98. The molecule has 0 aliphatic carbocycles. The normalized spacial score (nSPS) is 15.2. The third kappa shape index (κ3) is 3.26. The van der Waals surface area contributed by atoms with Crippen molar-refractivity contribution >= 4 is 65.1 Å². The first-order valence-electron chi connectivity index (χ1n) is 8.70. The second-order valence-corrected chi connectivity index (χ2v) is 9.31. The van der Waals surface area contributed by atoms with Crippen LogP contribution in [0.1, 0.15) is 0 Å². The van der Waals surface area contributed by atoms with Crippen LogP contribution in [-0.2, 0) is 0 Å². The zero-order chi connectivity index (χ0) is 18.4. The molecule has 0 saturated carbocycles. The molecule has 4 nitrogen and oxygen atoms in total. The summed E-state index contributed by atoms with van der Waals surface area (Å²) in [6.07, 6.45) is 2.10. The molecule has 0 atom stereocenters. The number of thioether (sulfide) groups is 1. The van der Waals surface area contributed by atoms with Gasteiger partial charge in [-0.05, 0) is 42.7 Å². The lowest BCUT2D eigenvalue weighted by Gasteiger charge is -2.34. The lowest BCUT2D eigenvalue weighted by Crippen LogP contribution is -2.46. The van der Waals surface area contributed by atoms with Crippen molar-refractivity contribution in [3.63, 3.8) is 0 Å². The van der Waals surface area contributed by atoms with Crippen molar-refractivity contribution in [3.05, 3.63) is 42.2 Å². The van der Waals surface area contributed by atoms with E-state index in [1.54, 1.807) is 46.6 Å². The predicted octanol–water partition coefficient (Wildman–Crippen LogP) is 5.09. The number of anilines is 2. The van der Waals surface area contributed by atoms with E-state index in [1.165, 1.54) is 15.7 Å². The van der Waals surface area contributed by atoms with Crippen LogP contribution in [0.3, 0.4) is 0 Å². The zero-order valence-electron chi connectivity index (χ0n) is 14.7. The van der Waals surface area contributed by atoms with Gasteiger partial charge in [0.05, 0.1) is 20.4 Å². The minimum Gasteiger partial charge on any atom is -0.345 e. The van der Waals surface area contributed by atoms with E-state index in [-0.39, 0.29) is 5.82 Å². The van der Waals surface area contributed by atoms with Gasteiger partial charge in [0.25, 0.3) is 0 Å². The molecule has 8 heteroatoms. The molecule has 4 aromatic rings. The smallest absolute Gasteiger partial charge is 0.186 e. The fraction of sp³-hybridized carbons (Fsp3) is 0.263. The van der Waals surface area contributed by atoms with Crippen LogP contribution in [0.4, 0.5) is 14.7 Å². The number of hydrogen-bond acceptors (Lipinski definition) is 7. The van der Waals surface area contributed by atoms with Gasteiger partial charge in [-0.1, -0.05) is 22.7 Å². The highest BCUT2D eigenvalue weighted by atomic mass is 32.2. The molecule has 138 valence electrons. The van der Waals surface area contributed by atoms with Gasteiger partial charge in [0.15, 0.2) is 10.3 Å². The first-order valence-corrected chi connectivity index (χ1v) is 11.6. The quantitative estimate of drug-likeness (QED) is 0.434. The molecule has 2 aromatic heterocycles. The standard InChI is InChI=1S/C19H17FN4S3/c1-25-13-3-5-15-17(11-13)27-19(22-15)24-8-6-23(7-9-24)18-21-14-4-2-12(20)10-16(14)26-18/h2-5,10-11H,6-9H2,1H3. The van der Waals surface area contributed by atoms with E-state index in [4.69, 9.17) is 4.98 Å². The first-order chi connectivity index (χ1) is 13.2. The second kappa shape index (κ2) is 6.92. The van der Waals surface area contributed by atoms with E-state index in [9.17, 15) is 4.39 Å². The molecule has 0 spiro atoms. The summed E-state index contributed by atoms with van der Waals surface area (Å²) in [5.74, 6) is -0.206. The maximum absolute atomic E-state index is 13.4. The summed E-state index contributed by atoms with van der Waals surface area (Å²) in [6, 6.07) is 11.3. The average molecular weight is 417 g/mol. The molecule has 0 N–H and O–H groups in total. The van der Waals surface area contributed by atoms with Gasteiger partial charge in [-0.15, -0.1) is 11.8 Å². The number of rotatable bonds is 3. The molecule has 27 heavy (non-hydrogen) atoms. The van der Waals surface area contributed by atoms with E-state index < -0.39 is 0 Å². The van der Waals surface area contributed by atoms with Crippen LogP contribution in [0.25, 0.3) is 20.4 Å². The summed E-state index contributed by atoms with van der Waals surface area (Å²) in [5, 5.41) is 2.07. The summed E-state index contributed by atoms with van der Waals surface area (Å²) in [4.78, 5) is 15.4. The van der Waals surface area contributed by atoms with Crippen LogP contribution >= 0.6 is 34.4 Å². The maximum Gasteiger partial charge on any atom is 0.186 e. The third-order valence-corrected chi connectivity index (χ3v) is 7.63. The summed E-state index contributed by atoms with van der Waals surface area (Å²) in [7, 11) is 0. The number of aromatic nitrogens is 2. The summed E-state index contributed by atoms with van der Waals surface area (Å²) >= 11 is 5.09. The van der Waals surface area contributed by atoms with Gasteiger partial charge in [-0.25, -0.2) is 14.4 Å². The summed E-state index contributed by atoms with van der Waals surface area (Å²) in [6.45, 7) is 3.63. The number of piperazine rings is 1. The number of benzene rings is 2. The molecule has 1 fully saturated rings. The van der Waals surface area contributed by atoms with E-state index in [0.717, 1.165) is 52.2 Å². The van der Waals surface area contributed by atoms with Gasteiger partial charge in [0.1, 0.15) is 5.82 Å². The molecule has 1 aliphatic heterocycles. The topological polar surface area (TPSA) is 32.3 Å². The van der Waals surface area contributed by atoms with Crippen LogP contribution in [0, 0.1) is 5.82 Å². The van der Waals surface area contributed by atoms with Crippen molar-refractivity contribution in [1.29, 1.82) is 0 Å². The molecule has 0 amide bonds. The largest absolute Gasteiger partial charge is 0.345 e. The lowest BCUT2D eigenvalue weighted by molar-refractivity contribution is 0.630. The zero-order valence-corrected chi connectivity index (χ0v) is 17.1. The van der Waals surface area contributed by atoms with Crippen molar-refractivity contribution < 1.29 is 4.39 Å². The van der Waals surface area contributed by atoms with Crippen LogP contribution in [-0.4, -0.2) is 42.4 Å². The van der Waals surface area contributed by atoms with Gasteiger partial charge in [0, 0.05) is 31.1 Å². The molecule has 0 bridgehead atoms. The highest BCUT2D eigenvalue weighted by Gasteiger charge is 2.22. The Hall–Kier alpha value is -1.90. The van der Waals surface area contributed by atoms with Crippen molar-refractivity contribution in [2.75, 3.05) is 42.2 Å². The Morgan fingerprint density at radius 1 is 0.852 bits per heavy atom. The Balaban J connectivity index is 1.33. The van der Waals surface area contributed by atoms with E-state index >= 15 is 0 Å². The molecule has 3 heterocycles. The number of fused-ring (bicyclic) bond motifs is 2. The predicted molar refractivity (Wildman–Crippen MR) is 115 cm³/mol. The first kappa shape index (κ1) is 17.2. The van der Waals surface area contributed by atoms with Gasteiger partial charge in [-0.3, -0.25) is 0 Å². The minimum absolute atomic E-state index is 0.206. The second-order valence-electron chi connectivity index (χ2n) is 6.41. The molecule has 5 rings (SSSR count). The highest BCUT2D eigenvalue weighted by Crippen LogP contribution is 2.34. The fourth-order valence-corrected chi connectivity index (χ4v) is 5.88. The van der Waals surface area contributed by atoms with Crippen molar-refractivity contribution in [3.8, 4) is 0 Å². The van der Waals surface area contributed by atoms with Gasteiger partial charge in [0.2, 0.25) is 0 Å². The van der Waals surface area contributed by atoms with E-state index in [2.05, 4.69) is 39.2 Å². The minimum atomic E-state index is -0.206. The Morgan fingerprint density at radius 2 is 1.41 bits per heavy atom. The summed E-state index contributed by atoms with van der Waals surface area (Å²) < 4.78 is 15.6. The SMILES string of the molecule is CSc1ccc2nc(N3CCN(c4nc5ccc(F)cc5s4)CC3)sc2c1. The Morgan fingerprint density at radius 3 is 2.00 bits per heavy atom. The van der Waals surface area contributed by atoms with Crippen molar-refractivity contribution in [1.82, 2.24) is 9.97 Å². The Bertz CT molecular complexity index is 1110. The number of hydrogen-bond donors (Lipinski definition) is 0. The van der Waals surface area contributed by atoms with Crippen LogP contribution < -0.4 is 9.80 Å². The van der Waals surface area contributed by atoms with Crippen molar-refractivity contribution in [2.24, 2.45) is 0 Å². The van der Waals surface area contributed by atoms with Crippen molar-refractivity contribution in [2.45, 2.75) is 4.90 Å². The monoisotopic (exact) mass is 416 g/mol. The molecular formula is C19H17FN4S3. The van der Waals surface area contributed by atoms with E-state index in [0.29, 0.717) is 0 Å². The number of thiazole rings is 2. The Labute approximate surface area is 168 Å².